The number of hydrogen-bond acceptors (Lipinski definition) is 4. The summed E-state index contributed by atoms with van der Waals surface area (Å²) in [6.45, 7) is 4.39. The molecular weight excluding hydrogens is 268 g/mol. The Morgan fingerprint density at radius 2 is 2.10 bits per heavy atom. The van der Waals surface area contributed by atoms with Crippen LogP contribution in [0.25, 0.3) is 0 Å². The van der Waals surface area contributed by atoms with Crippen molar-refractivity contribution in [2.45, 2.75) is 26.6 Å². The van der Waals surface area contributed by atoms with Gasteiger partial charge >= 0.3 is 0 Å². The SMILES string of the molecule is CC(=O)Nc1ccc(NCc2cnc3n2CCOC3)cc1. The molecule has 6 heteroatoms. The van der Waals surface area contributed by atoms with E-state index in [1.807, 2.05) is 30.5 Å². The number of anilines is 2. The summed E-state index contributed by atoms with van der Waals surface area (Å²) in [4.78, 5) is 15.3. The van der Waals surface area contributed by atoms with Gasteiger partial charge in [0.05, 0.1) is 25.0 Å². The summed E-state index contributed by atoms with van der Waals surface area (Å²) in [5.41, 5.74) is 2.96. The molecule has 0 aliphatic carbocycles. The van der Waals surface area contributed by atoms with Crippen LogP contribution in [0.15, 0.2) is 30.5 Å². The second-order valence-electron chi connectivity index (χ2n) is 4.98. The predicted molar refractivity (Wildman–Crippen MR) is 80.0 cm³/mol. The van der Waals surface area contributed by atoms with Crippen LogP contribution in [-0.2, 0) is 29.2 Å². The first-order valence-electron chi connectivity index (χ1n) is 6.95. The minimum absolute atomic E-state index is 0.0659. The van der Waals surface area contributed by atoms with Crippen molar-refractivity contribution in [2.75, 3.05) is 17.2 Å². The highest BCUT2D eigenvalue weighted by Crippen LogP contribution is 2.16. The minimum Gasteiger partial charge on any atom is -0.379 e. The van der Waals surface area contributed by atoms with Gasteiger partial charge in [0.2, 0.25) is 5.91 Å². The van der Waals surface area contributed by atoms with Crippen molar-refractivity contribution >= 4 is 17.3 Å². The third-order valence-corrected chi connectivity index (χ3v) is 3.39. The number of nitrogens with one attached hydrogen (secondary N) is 2. The highest BCUT2D eigenvalue weighted by molar-refractivity contribution is 5.88. The van der Waals surface area contributed by atoms with E-state index in [1.54, 1.807) is 0 Å². The van der Waals surface area contributed by atoms with Crippen LogP contribution in [0, 0.1) is 0 Å². The average molecular weight is 286 g/mol. The molecular formula is C15H18N4O2. The second kappa shape index (κ2) is 5.97. The molecule has 0 radical (unpaired) electrons. The minimum atomic E-state index is -0.0659. The van der Waals surface area contributed by atoms with Crippen LogP contribution in [-0.4, -0.2) is 22.1 Å². The van der Waals surface area contributed by atoms with E-state index in [0.29, 0.717) is 13.2 Å². The number of amides is 1. The van der Waals surface area contributed by atoms with Gasteiger partial charge in [-0.2, -0.15) is 0 Å². The second-order valence-corrected chi connectivity index (χ2v) is 4.98. The standard InChI is InChI=1S/C15H18N4O2/c1-11(20)18-13-4-2-12(3-5-13)16-8-14-9-17-15-10-21-7-6-19(14)15/h2-5,9,16H,6-8,10H2,1H3,(H,18,20). The molecule has 110 valence electrons. The lowest BCUT2D eigenvalue weighted by Crippen LogP contribution is -2.19. The molecule has 21 heavy (non-hydrogen) atoms. The number of benzene rings is 1. The van der Waals surface area contributed by atoms with Gasteiger partial charge in [0.25, 0.3) is 0 Å². The first-order chi connectivity index (χ1) is 10.2. The lowest BCUT2D eigenvalue weighted by Gasteiger charge is -2.17. The number of rotatable bonds is 4. The topological polar surface area (TPSA) is 68.2 Å². The van der Waals surface area contributed by atoms with Crippen molar-refractivity contribution in [3.05, 3.63) is 42.0 Å². The lowest BCUT2D eigenvalue weighted by atomic mass is 10.2. The van der Waals surface area contributed by atoms with E-state index in [1.165, 1.54) is 6.92 Å². The quantitative estimate of drug-likeness (QED) is 0.902. The highest BCUT2D eigenvalue weighted by Gasteiger charge is 2.13. The zero-order valence-electron chi connectivity index (χ0n) is 11.9. The molecule has 1 aromatic carbocycles. The van der Waals surface area contributed by atoms with Gasteiger partial charge in [-0.1, -0.05) is 0 Å². The summed E-state index contributed by atoms with van der Waals surface area (Å²) >= 11 is 0. The van der Waals surface area contributed by atoms with Crippen LogP contribution in [0.1, 0.15) is 18.4 Å². The Labute approximate surface area is 123 Å². The van der Waals surface area contributed by atoms with E-state index in [-0.39, 0.29) is 5.91 Å². The smallest absolute Gasteiger partial charge is 0.221 e. The molecule has 0 bridgehead atoms. The van der Waals surface area contributed by atoms with Crippen LogP contribution < -0.4 is 10.6 Å². The largest absolute Gasteiger partial charge is 0.379 e. The fourth-order valence-electron chi connectivity index (χ4n) is 2.37. The summed E-state index contributed by atoms with van der Waals surface area (Å²) in [5, 5.41) is 6.11. The Balaban J connectivity index is 1.62. The summed E-state index contributed by atoms with van der Waals surface area (Å²) in [6, 6.07) is 7.65. The van der Waals surface area contributed by atoms with Gasteiger partial charge in [0, 0.05) is 24.8 Å². The van der Waals surface area contributed by atoms with E-state index in [2.05, 4.69) is 20.2 Å². The summed E-state index contributed by atoms with van der Waals surface area (Å²) in [5.74, 6) is 0.919. The molecule has 3 rings (SSSR count). The fraction of sp³-hybridized carbons (Fsp3) is 0.333. The van der Waals surface area contributed by atoms with E-state index in [0.717, 1.165) is 36.0 Å². The molecule has 1 aliphatic rings. The molecule has 0 fully saturated rings. The van der Waals surface area contributed by atoms with Crippen molar-refractivity contribution in [2.24, 2.45) is 0 Å². The molecule has 0 spiro atoms. The molecule has 0 saturated carbocycles. The highest BCUT2D eigenvalue weighted by atomic mass is 16.5. The fourth-order valence-corrected chi connectivity index (χ4v) is 2.37. The van der Waals surface area contributed by atoms with Gasteiger partial charge < -0.3 is 19.9 Å². The number of imidazole rings is 1. The van der Waals surface area contributed by atoms with Gasteiger partial charge in [-0.3, -0.25) is 4.79 Å². The molecule has 2 N–H and O–H groups in total. The average Bonchev–Trinajstić information content (AvgIpc) is 2.89. The van der Waals surface area contributed by atoms with Crippen molar-refractivity contribution < 1.29 is 9.53 Å². The summed E-state index contributed by atoms with van der Waals surface area (Å²) in [7, 11) is 0. The van der Waals surface area contributed by atoms with Gasteiger partial charge in [-0.25, -0.2) is 4.98 Å². The van der Waals surface area contributed by atoms with Gasteiger partial charge in [-0.05, 0) is 24.3 Å². The molecule has 0 atom stereocenters. The number of carbonyl (C=O) groups is 1. The van der Waals surface area contributed by atoms with Crippen molar-refractivity contribution in [3.8, 4) is 0 Å². The zero-order chi connectivity index (χ0) is 14.7. The molecule has 1 aromatic heterocycles. The normalized spacial score (nSPS) is 13.6. The number of hydrogen-bond donors (Lipinski definition) is 2. The summed E-state index contributed by atoms with van der Waals surface area (Å²) < 4.78 is 7.58. The zero-order valence-corrected chi connectivity index (χ0v) is 11.9. The van der Waals surface area contributed by atoms with Crippen molar-refractivity contribution in [1.29, 1.82) is 0 Å². The number of ether oxygens (including phenoxy) is 1. The Morgan fingerprint density at radius 3 is 2.86 bits per heavy atom. The van der Waals surface area contributed by atoms with E-state index in [4.69, 9.17) is 4.74 Å². The first-order valence-corrected chi connectivity index (χ1v) is 6.95. The van der Waals surface area contributed by atoms with E-state index >= 15 is 0 Å². The third-order valence-electron chi connectivity index (χ3n) is 3.39. The maximum Gasteiger partial charge on any atom is 0.221 e. The third kappa shape index (κ3) is 3.22. The van der Waals surface area contributed by atoms with Gasteiger partial charge in [0.1, 0.15) is 12.4 Å². The molecule has 2 aromatic rings. The lowest BCUT2D eigenvalue weighted by molar-refractivity contribution is -0.114. The number of nitrogens with zero attached hydrogens (tertiary/aromatic N) is 2. The van der Waals surface area contributed by atoms with Crippen LogP contribution in [0.2, 0.25) is 0 Å². The van der Waals surface area contributed by atoms with Crippen LogP contribution in [0.4, 0.5) is 11.4 Å². The van der Waals surface area contributed by atoms with Crippen LogP contribution >= 0.6 is 0 Å². The summed E-state index contributed by atoms with van der Waals surface area (Å²) in [6.07, 6.45) is 1.89. The van der Waals surface area contributed by atoms with Crippen LogP contribution in [0.3, 0.4) is 0 Å². The molecule has 6 nitrogen and oxygen atoms in total. The molecule has 2 heterocycles. The monoisotopic (exact) mass is 286 g/mol. The van der Waals surface area contributed by atoms with Crippen LogP contribution in [0.5, 0.6) is 0 Å². The predicted octanol–water partition coefficient (Wildman–Crippen LogP) is 1.98. The molecule has 0 saturated heterocycles. The Bertz CT molecular complexity index is 634. The van der Waals surface area contributed by atoms with Crippen molar-refractivity contribution in [3.63, 3.8) is 0 Å². The van der Waals surface area contributed by atoms with E-state index < -0.39 is 0 Å². The van der Waals surface area contributed by atoms with Gasteiger partial charge in [0.15, 0.2) is 0 Å². The Hall–Kier alpha value is -2.34. The first kappa shape index (κ1) is 13.6. The molecule has 1 aliphatic heterocycles. The maximum absolute atomic E-state index is 11.0. The number of fused-ring (bicyclic) bond motifs is 1. The van der Waals surface area contributed by atoms with E-state index in [9.17, 15) is 4.79 Å². The molecule has 0 unspecified atom stereocenters. The Morgan fingerprint density at radius 1 is 1.33 bits per heavy atom. The Kier molecular flexibility index (Phi) is 3.87. The number of carbonyl (C=O) groups excluding carboxylic acids is 1. The molecule has 1 amide bonds. The van der Waals surface area contributed by atoms with Crippen molar-refractivity contribution in [1.82, 2.24) is 9.55 Å². The maximum atomic E-state index is 11.0. The van der Waals surface area contributed by atoms with Gasteiger partial charge in [-0.15, -0.1) is 0 Å². The number of aromatic nitrogens is 2.